The summed E-state index contributed by atoms with van der Waals surface area (Å²) in [6.07, 6.45) is 7.10. The third kappa shape index (κ3) is 3.31. The summed E-state index contributed by atoms with van der Waals surface area (Å²) in [5.74, 6) is -0.192. The van der Waals surface area contributed by atoms with E-state index in [-0.39, 0.29) is 11.7 Å². The van der Waals surface area contributed by atoms with Gasteiger partial charge < -0.3 is 10.8 Å². The molecule has 1 amide bonds. The van der Waals surface area contributed by atoms with Gasteiger partial charge in [-0.3, -0.25) is 10.1 Å². The molecule has 1 aromatic carbocycles. The van der Waals surface area contributed by atoms with Crippen LogP contribution in [0.3, 0.4) is 0 Å². The zero-order valence-electron chi connectivity index (χ0n) is 12.1. The molecule has 0 radical (unpaired) electrons. The summed E-state index contributed by atoms with van der Waals surface area (Å²) in [5, 5.41) is 12.8. The number of nitrogens with one attached hydrogen (secondary N) is 1. The monoisotopic (exact) mass is 276 g/mol. The maximum absolute atomic E-state index is 12.0. The minimum Gasteiger partial charge on any atom is -0.508 e. The minimum atomic E-state index is -0.886. The highest BCUT2D eigenvalue weighted by Gasteiger charge is 2.35. The van der Waals surface area contributed by atoms with Gasteiger partial charge in [0.15, 0.2) is 0 Å². The van der Waals surface area contributed by atoms with Crippen molar-refractivity contribution in [1.82, 2.24) is 5.32 Å². The van der Waals surface area contributed by atoms with E-state index < -0.39 is 5.54 Å². The molecule has 0 aliphatic heterocycles. The molecule has 1 aliphatic rings. The third-order valence-electron chi connectivity index (χ3n) is 4.29. The number of nitrogens with two attached hydrogens (primary N) is 1. The van der Waals surface area contributed by atoms with Gasteiger partial charge in [-0.1, -0.05) is 37.8 Å². The Bertz CT molecular complexity index is 450. The van der Waals surface area contributed by atoms with Crippen molar-refractivity contribution in [3.63, 3.8) is 0 Å². The van der Waals surface area contributed by atoms with Gasteiger partial charge in [0.2, 0.25) is 5.91 Å². The van der Waals surface area contributed by atoms with Gasteiger partial charge in [-0.2, -0.15) is 0 Å². The molecule has 1 aromatic rings. The lowest BCUT2D eigenvalue weighted by Crippen LogP contribution is -2.54. The molecule has 20 heavy (non-hydrogen) atoms. The fourth-order valence-electron chi connectivity index (χ4n) is 2.92. The molecule has 0 saturated heterocycles. The Morgan fingerprint density at radius 3 is 2.25 bits per heavy atom. The second-order valence-corrected chi connectivity index (χ2v) is 5.87. The van der Waals surface area contributed by atoms with Crippen LogP contribution in [-0.4, -0.2) is 17.1 Å². The summed E-state index contributed by atoms with van der Waals surface area (Å²) in [7, 11) is 0. The number of primary amides is 1. The number of phenols is 1. The normalized spacial score (nSPS) is 20.1. The Hall–Kier alpha value is -1.55. The first-order chi connectivity index (χ1) is 9.52. The zero-order valence-corrected chi connectivity index (χ0v) is 12.1. The Kier molecular flexibility index (Phi) is 4.65. The molecule has 1 unspecified atom stereocenters. The topological polar surface area (TPSA) is 75.3 Å². The molecule has 2 rings (SSSR count). The molecule has 0 bridgehead atoms. The van der Waals surface area contributed by atoms with Gasteiger partial charge in [0.1, 0.15) is 11.3 Å². The molecule has 0 heterocycles. The van der Waals surface area contributed by atoms with E-state index >= 15 is 0 Å². The molecule has 1 atom stereocenters. The second-order valence-electron chi connectivity index (χ2n) is 5.87. The van der Waals surface area contributed by atoms with Crippen LogP contribution in [0.5, 0.6) is 5.75 Å². The molecule has 4 nitrogen and oxygen atoms in total. The van der Waals surface area contributed by atoms with E-state index in [0.717, 1.165) is 18.4 Å². The highest BCUT2D eigenvalue weighted by molar-refractivity contribution is 5.85. The van der Waals surface area contributed by atoms with Gasteiger partial charge in [-0.15, -0.1) is 0 Å². The first-order valence-electron chi connectivity index (χ1n) is 7.39. The van der Waals surface area contributed by atoms with Crippen LogP contribution in [0.25, 0.3) is 0 Å². The van der Waals surface area contributed by atoms with Crippen LogP contribution in [-0.2, 0) is 10.3 Å². The minimum absolute atomic E-state index is 0.190. The van der Waals surface area contributed by atoms with Gasteiger partial charge in [-0.05, 0) is 37.5 Å². The molecular weight excluding hydrogens is 252 g/mol. The smallest absolute Gasteiger partial charge is 0.242 e. The molecule has 4 heteroatoms. The second kappa shape index (κ2) is 6.27. The number of carbonyl (C=O) groups is 1. The molecular formula is C16H24N2O2. The molecule has 1 aliphatic carbocycles. The maximum Gasteiger partial charge on any atom is 0.242 e. The number of rotatable bonds is 4. The highest BCUT2D eigenvalue weighted by Crippen LogP contribution is 2.26. The van der Waals surface area contributed by atoms with E-state index in [1.807, 2.05) is 6.92 Å². The number of benzene rings is 1. The maximum atomic E-state index is 12.0. The Morgan fingerprint density at radius 2 is 1.75 bits per heavy atom. The van der Waals surface area contributed by atoms with Crippen LogP contribution in [0.2, 0.25) is 0 Å². The van der Waals surface area contributed by atoms with Crippen molar-refractivity contribution in [3.8, 4) is 5.75 Å². The molecule has 1 fully saturated rings. The van der Waals surface area contributed by atoms with Crippen LogP contribution in [0.1, 0.15) is 51.0 Å². The number of hydrogen-bond acceptors (Lipinski definition) is 3. The average molecular weight is 276 g/mol. The fourth-order valence-corrected chi connectivity index (χ4v) is 2.92. The summed E-state index contributed by atoms with van der Waals surface area (Å²) in [6.45, 7) is 1.83. The van der Waals surface area contributed by atoms with Crippen molar-refractivity contribution >= 4 is 5.91 Å². The van der Waals surface area contributed by atoms with Gasteiger partial charge in [0.25, 0.3) is 0 Å². The number of phenolic OH excluding ortho intramolecular Hbond substituents is 1. The van der Waals surface area contributed by atoms with Gasteiger partial charge in [0, 0.05) is 6.04 Å². The quantitative estimate of drug-likeness (QED) is 0.739. The van der Waals surface area contributed by atoms with E-state index in [1.54, 1.807) is 24.3 Å². The average Bonchev–Trinajstić information content (AvgIpc) is 2.67. The Morgan fingerprint density at radius 1 is 1.20 bits per heavy atom. The summed E-state index contributed by atoms with van der Waals surface area (Å²) in [4.78, 5) is 12.0. The Balaban J connectivity index is 2.20. The first-order valence-corrected chi connectivity index (χ1v) is 7.39. The molecule has 110 valence electrons. The third-order valence-corrected chi connectivity index (χ3v) is 4.29. The van der Waals surface area contributed by atoms with Crippen LogP contribution in [0, 0.1) is 0 Å². The largest absolute Gasteiger partial charge is 0.508 e. The SMILES string of the molecule is CC(NC1CCCCCC1)(C(N)=O)c1ccc(O)cc1. The number of carbonyl (C=O) groups excluding carboxylic acids is 1. The van der Waals surface area contributed by atoms with Crippen molar-refractivity contribution in [2.75, 3.05) is 0 Å². The number of aromatic hydroxyl groups is 1. The van der Waals surface area contributed by atoms with Crippen LogP contribution >= 0.6 is 0 Å². The van der Waals surface area contributed by atoms with Crippen molar-refractivity contribution < 1.29 is 9.90 Å². The van der Waals surface area contributed by atoms with Crippen LogP contribution < -0.4 is 11.1 Å². The standard InChI is InChI=1S/C16H24N2O2/c1-16(15(17)20,12-8-10-14(19)11-9-12)18-13-6-4-2-3-5-7-13/h8-11,13,18-19H,2-7H2,1H3,(H2,17,20). The molecule has 0 aromatic heterocycles. The summed E-state index contributed by atoms with van der Waals surface area (Å²) in [6, 6.07) is 7.01. The van der Waals surface area contributed by atoms with E-state index in [9.17, 15) is 9.90 Å². The van der Waals surface area contributed by atoms with Crippen molar-refractivity contribution in [3.05, 3.63) is 29.8 Å². The van der Waals surface area contributed by atoms with Gasteiger partial charge >= 0.3 is 0 Å². The van der Waals surface area contributed by atoms with Gasteiger partial charge in [0.05, 0.1) is 0 Å². The van der Waals surface area contributed by atoms with Crippen molar-refractivity contribution in [2.45, 2.75) is 57.0 Å². The first kappa shape index (κ1) is 14.9. The lowest BCUT2D eigenvalue weighted by molar-refractivity contribution is -0.124. The predicted molar refractivity (Wildman–Crippen MR) is 79.3 cm³/mol. The van der Waals surface area contributed by atoms with Crippen molar-refractivity contribution in [2.24, 2.45) is 5.73 Å². The lowest BCUT2D eigenvalue weighted by atomic mass is 9.89. The van der Waals surface area contributed by atoms with E-state index in [1.165, 1.54) is 25.7 Å². The summed E-state index contributed by atoms with van der Waals surface area (Å²) < 4.78 is 0. The number of hydrogen-bond donors (Lipinski definition) is 3. The predicted octanol–water partition coefficient (Wildman–Crippen LogP) is 2.41. The summed E-state index contributed by atoms with van der Waals surface area (Å²) >= 11 is 0. The molecule has 1 saturated carbocycles. The van der Waals surface area contributed by atoms with E-state index in [4.69, 9.17) is 5.73 Å². The van der Waals surface area contributed by atoms with E-state index in [2.05, 4.69) is 5.32 Å². The number of amides is 1. The zero-order chi connectivity index (χ0) is 14.6. The lowest BCUT2D eigenvalue weighted by Gasteiger charge is -2.33. The van der Waals surface area contributed by atoms with Gasteiger partial charge in [-0.25, -0.2) is 0 Å². The van der Waals surface area contributed by atoms with E-state index in [0.29, 0.717) is 6.04 Å². The van der Waals surface area contributed by atoms with Crippen LogP contribution in [0.15, 0.2) is 24.3 Å². The Labute approximate surface area is 120 Å². The molecule has 0 spiro atoms. The highest BCUT2D eigenvalue weighted by atomic mass is 16.3. The fraction of sp³-hybridized carbons (Fsp3) is 0.562. The van der Waals surface area contributed by atoms with Crippen molar-refractivity contribution in [1.29, 1.82) is 0 Å². The van der Waals surface area contributed by atoms with Crippen LogP contribution in [0.4, 0.5) is 0 Å². The molecule has 4 N–H and O–H groups in total. The summed E-state index contributed by atoms with van der Waals surface area (Å²) in [5.41, 5.74) is 5.55.